The van der Waals surface area contributed by atoms with Gasteiger partial charge in [-0.1, -0.05) is 0 Å². The minimum atomic E-state index is -1.17. The molecule has 0 unspecified atom stereocenters. The largest absolute Gasteiger partial charge is 0.545 e. The summed E-state index contributed by atoms with van der Waals surface area (Å²) < 4.78 is 0.959. The fourth-order valence-electron chi connectivity index (χ4n) is 0.566. The highest BCUT2D eigenvalue weighted by atomic mass is 79.9. The molecule has 84 valence electrons. The van der Waals surface area contributed by atoms with Crippen LogP contribution >= 0.6 is 27.3 Å². The van der Waals surface area contributed by atoms with Crippen molar-refractivity contribution in [3.05, 3.63) is 26.9 Å². The predicted molar refractivity (Wildman–Crippen MR) is 64.1 cm³/mol. The molecule has 1 rings (SSSR count). The van der Waals surface area contributed by atoms with Crippen molar-refractivity contribution in [3.8, 4) is 0 Å². The SMILES string of the molecule is CC(C)[NH3+].O=C([O-])/C=C/c1cc(Br)cs1. The van der Waals surface area contributed by atoms with Crippen molar-refractivity contribution in [1.29, 1.82) is 0 Å². The summed E-state index contributed by atoms with van der Waals surface area (Å²) in [7, 11) is 0. The first-order valence-electron chi connectivity index (χ1n) is 4.38. The number of aliphatic carboxylic acids is 1. The molecule has 5 heteroatoms. The van der Waals surface area contributed by atoms with Crippen LogP contribution in [-0.4, -0.2) is 12.0 Å². The van der Waals surface area contributed by atoms with E-state index < -0.39 is 5.97 Å². The van der Waals surface area contributed by atoms with Crippen molar-refractivity contribution in [2.75, 3.05) is 0 Å². The van der Waals surface area contributed by atoms with E-state index in [0.717, 1.165) is 15.4 Å². The molecule has 15 heavy (non-hydrogen) atoms. The molecule has 0 aliphatic heterocycles. The van der Waals surface area contributed by atoms with Crippen LogP contribution < -0.4 is 10.8 Å². The molecule has 1 aromatic heterocycles. The van der Waals surface area contributed by atoms with Gasteiger partial charge in [-0.2, -0.15) is 0 Å². The van der Waals surface area contributed by atoms with Gasteiger partial charge in [-0.3, -0.25) is 0 Å². The Morgan fingerprint density at radius 2 is 2.20 bits per heavy atom. The van der Waals surface area contributed by atoms with Crippen LogP contribution in [0.1, 0.15) is 18.7 Å². The van der Waals surface area contributed by atoms with Crippen molar-refractivity contribution in [1.82, 2.24) is 0 Å². The molecule has 0 spiro atoms. The number of rotatable bonds is 2. The molecule has 3 N–H and O–H groups in total. The van der Waals surface area contributed by atoms with Gasteiger partial charge in [-0.05, 0) is 48.0 Å². The van der Waals surface area contributed by atoms with Crippen LogP contribution in [0.15, 0.2) is 22.0 Å². The van der Waals surface area contributed by atoms with Crippen LogP contribution in [0, 0.1) is 0 Å². The number of carbonyl (C=O) groups excluding carboxylic acids is 1. The second kappa shape index (κ2) is 7.62. The Morgan fingerprint density at radius 1 is 1.67 bits per heavy atom. The van der Waals surface area contributed by atoms with Gasteiger partial charge in [0.1, 0.15) is 0 Å². The Bertz CT molecular complexity index is 331. The lowest BCUT2D eigenvalue weighted by molar-refractivity contribution is -0.407. The zero-order chi connectivity index (χ0) is 11.8. The van der Waals surface area contributed by atoms with Crippen molar-refractivity contribution in [3.63, 3.8) is 0 Å². The molecule has 0 aromatic carbocycles. The average Bonchev–Trinajstić information content (AvgIpc) is 2.47. The minimum absolute atomic E-state index is 0.583. The molecule has 0 aliphatic rings. The lowest BCUT2D eigenvalue weighted by Crippen LogP contribution is -2.57. The maximum atomic E-state index is 9.97. The topological polar surface area (TPSA) is 67.8 Å². The molecule has 0 atom stereocenters. The van der Waals surface area contributed by atoms with Crippen LogP contribution in [0.2, 0.25) is 0 Å². The molecule has 0 aliphatic carbocycles. The van der Waals surface area contributed by atoms with Crippen LogP contribution in [-0.2, 0) is 4.79 Å². The van der Waals surface area contributed by atoms with E-state index in [2.05, 4.69) is 35.5 Å². The molecule has 0 bridgehead atoms. The van der Waals surface area contributed by atoms with Crippen LogP contribution in [0.25, 0.3) is 6.08 Å². The zero-order valence-electron chi connectivity index (χ0n) is 8.70. The number of quaternary nitrogens is 1. The minimum Gasteiger partial charge on any atom is -0.545 e. The normalized spacial score (nSPS) is 10.2. The molecule has 0 saturated carbocycles. The Labute approximate surface area is 102 Å². The summed E-state index contributed by atoms with van der Waals surface area (Å²) in [4.78, 5) is 10.9. The molecule has 1 aromatic rings. The summed E-state index contributed by atoms with van der Waals surface area (Å²) >= 11 is 4.72. The Kier molecular flexibility index (Phi) is 7.29. The van der Waals surface area contributed by atoms with E-state index in [1.54, 1.807) is 0 Å². The third-order valence-electron chi connectivity index (χ3n) is 0.971. The number of carboxylic acid groups (broad SMARTS) is 1. The molecule has 1 heterocycles. The van der Waals surface area contributed by atoms with Gasteiger partial charge in [0.2, 0.25) is 0 Å². The number of halogens is 1. The van der Waals surface area contributed by atoms with Gasteiger partial charge in [-0.15, -0.1) is 11.3 Å². The second-order valence-corrected chi connectivity index (χ2v) is 5.07. The third-order valence-corrected chi connectivity index (χ3v) is 2.63. The molecular weight excluding hydrogens is 278 g/mol. The molecule has 0 radical (unpaired) electrons. The first-order chi connectivity index (χ1) is 6.91. The summed E-state index contributed by atoms with van der Waals surface area (Å²) in [5.41, 5.74) is 3.64. The van der Waals surface area contributed by atoms with Crippen molar-refractivity contribution < 1.29 is 15.6 Å². The van der Waals surface area contributed by atoms with E-state index >= 15 is 0 Å². The summed E-state index contributed by atoms with van der Waals surface area (Å²) in [6.45, 7) is 4.11. The molecule has 0 fully saturated rings. The van der Waals surface area contributed by atoms with Gasteiger partial charge in [0.25, 0.3) is 0 Å². The third kappa shape index (κ3) is 9.65. The lowest BCUT2D eigenvalue weighted by Gasteiger charge is -1.87. The van der Waals surface area contributed by atoms with Gasteiger partial charge >= 0.3 is 0 Å². The maximum absolute atomic E-state index is 9.97. The lowest BCUT2D eigenvalue weighted by atomic mass is 10.4. The number of thiophene rings is 1. The predicted octanol–water partition coefficient (Wildman–Crippen LogP) is 0.910. The highest BCUT2D eigenvalue weighted by molar-refractivity contribution is 9.10. The van der Waals surface area contributed by atoms with Crippen molar-refractivity contribution >= 4 is 39.3 Å². The smallest absolute Gasteiger partial charge is 0.0786 e. The molecule has 0 saturated heterocycles. The molecular formula is C10H14BrNO2S. The summed E-state index contributed by atoms with van der Waals surface area (Å²) in [6, 6.07) is 2.42. The highest BCUT2D eigenvalue weighted by Crippen LogP contribution is 2.20. The molecule has 3 nitrogen and oxygen atoms in total. The summed E-state index contributed by atoms with van der Waals surface area (Å²) in [6.07, 6.45) is 2.52. The van der Waals surface area contributed by atoms with Gasteiger partial charge in [0, 0.05) is 14.7 Å². The van der Waals surface area contributed by atoms with E-state index in [1.807, 2.05) is 11.4 Å². The van der Waals surface area contributed by atoms with Crippen LogP contribution in [0.5, 0.6) is 0 Å². The first kappa shape index (κ1) is 14.3. The van der Waals surface area contributed by atoms with Gasteiger partial charge in [-0.25, -0.2) is 0 Å². The second-order valence-electron chi connectivity index (χ2n) is 3.21. The Morgan fingerprint density at radius 3 is 2.53 bits per heavy atom. The Hall–Kier alpha value is -0.650. The summed E-state index contributed by atoms with van der Waals surface area (Å²) in [5.74, 6) is -1.17. The van der Waals surface area contributed by atoms with Gasteiger partial charge < -0.3 is 15.6 Å². The maximum Gasteiger partial charge on any atom is 0.0786 e. The van der Waals surface area contributed by atoms with E-state index in [0.29, 0.717) is 6.04 Å². The van der Waals surface area contributed by atoms with E-state index in [9.17, 15) is 9.90 Å². The number of hydrogen-bond donors (Lipinski definition) is 1. The standard InChI is InChI=1S/C7H5BrO2S.C3H9N/c8-5-3-6(11-4-5)1-2-7(9)10;1-3(2)4/h1-4H,(H,9,10);3H,4H2,1-2H3/b2-1+;. The van der Waals surface area contributed by atoms with Crippen molar-refractivity contribution in [2.24, 2.45) is 0 Å². The highest BCUT2D eigenvalue weighted by Gasteiger charge is 1.90. The van der Waals surface area contributed by atoms with Crippen LogP contribution in [0.4, 0.5) is 0 Å². The van der Waals surface area contributed by atoms with Crippen molar-refractivity contribution in [2.45, 2.75) is 19.9 Å². The van der Waals surface area contributed by atoms with E-state index in [-0.39, 0.29) is 0 Å². The fourth-order valence-corrected chi connectivity index (χ4v) is 1.90. The number of carbonyl (C=O) groups is 1. The Balaban J connectivity index is 0.000000423. The number of hydrogen-bond acceptors (Lipinski definition) is 3. The average molecular weight is 292 g/mol. The fraction of sp³-hybridized carbons (Fsp3) is 0.300. The van der Waals surface area contributed by atoms with E-state index in [1.165, 1.54) is 17.4 Å². The van der Waals surface area contributed by atoms with Gasteiger partial charge in [0.05, 0.1) is 12.0 Å². The number of carboxylic acids is 1. The van der Waals surface area contributed by atoms with Crippen LogP contribution in [0.3, 0.4) is 0 Å². The first-order valence-corrected chi connectivity index (χ1v) is 6.05. The summed E-state index contributed by atoms with van der Waals surface area (Å²) in [5, 5.41) is 11.9. The van der Waals surface area contributed by atoms with E-state index in [4.69, 9.17) is 0 Å². The quantitative estimate of drug-likeness (QED) is 0.823. The molecule has 0 amide bonds. The monoisotopic (exact) mass is 291 g/mol. The zero-order valence-corrected chi connectivity index (χ0v) is 11.1. The van der Waals surface area contributed by atoms with Gasteiger partial charge in [0.15, 0.2) is 0 Å².